The summed E-state index contributed by atoms with van der Waals surface area (Å²) in [6.45, 7) is 0. The highest BCUT2D eigenvalue weighted by molar-refractivity contribution is 6.24. The minimum atomic E-state index is 0.698. The van der Waals surface area contributed by atoms with Gasteiger partial charge in [0.05, 0.1) is 22.4 Å². The third-order valence-electron chi connectivity index (χ3n) is 11.1. The van der Waals surface area contributed by atoms with Crippen LogP contribution in [0, 0.1) is 0 Å². The second kappa shape index (κ2) is 14.5. The number of hydrogen-bond acceptors (Lipinski definition) is 4. The van der Waals surface area contributed by atoms with Crippen molar-refractivity contribution in [2.45, 2.75) is 0 Å². The summed E-state index contributed by atoms with van der Waals surface area (Å²) in [5.74, 6) is 1.59. The first-order valence-corrected chi connectivity index (χ1v) is 19.8. The van der Waals surface area contributed by atoms with Crippen molar-refractivity contribution in [3.63, 3.8) is 0 Å². The highest BCUT2D eigenvalue weighted by Gasteiger charge is 2.20. The average molecular weight is 754 g/mol. The maximum Gasteiger partial charge on any atom is 0.160 e. The Morgan fingerprint density at radius 3 is 1.39 bits per heavy atom. The van der Waals surface area contributed by atoms with E-state index in [4.69, 9.17) is 15.0 Å². The molecule has 8 aromatic carbocycles. The topological polar surface area (TPSA) is 56.5 Å². The molecule has 0 saturated carbocycles. The van der Waals surface area contributed by atoms with Gasteiger partial charge in [0.25, 0.3) is 0 Å². The van der Waals surface area contributed by atoms with Crippen molar-refractivity contribution in [3.05, 3.63) is 213 Å². The fraction of sp³-hybridized carbons (Fsp3) is 0. The van der Waals surface area contributed by atoms with Crippen LogP contribution in [-0.2, 0) is 0 Å². The highest BCUT2D eigenvalue weighted by atomic mass is 15.1. The van der Waals surface area contributed by atoms with Crippen molar-refractivity contribution < 1.29 is 0 Å². The zero-order chi connectivity index (χ0) is 39.1. The summed E-state index contributed by atoms with van der Waals surface area (Å²) < 4.78 is 2.30. The SMILES string of the molecule is c1ccc(-c2ccc(-c3cc(-c4ccc(-c5ccc(-n6c(-c7ccccc7)nc7c8cnccc8c8ccccc8c76)cc5)cc4)nc(-c4ccccc4)n3)cc2)cc1. The normalized spacial score (nSPS) is 11.4. The molecule has 0 N–H and O–H groups in total. The third-order valence-corrected chi connectivity index (χ3v) is 11.1. The number of aromatic nitrogens is 5. The van der Waals surface area contributed by atoms with Gasteiger partial charge < -0.3 is 0 Å². The van der Waals surface area contributed by atoms with Gasteiger partial charge in [0, 0.05) is 51.1 Å². The zero-order valence-corrected chi connectivity index (χ0v) is 31.9. The summed E-state index contributed by atoms with van der Waals surface area (Å²) >= 11 is 0. The van der Waals surface area contributed by atoms with Crippen LogP contribution in [0.5, 0.6) is 0 Å². The molecule has 0 amide bonds. The van der Waals surface area contributed by atoms with E-state index in [0.29, 0.717) is 5.82 Å². The van der Waals surface area contributed by atoms with E-state index in [1.807, 2.05) is 42.7 Å². The van der Waals surface area contributed by atoms with Crippen LogP contribution in [0.4, 0.5) is 0 Å². The summed E-state index contributed by atoms with van der Waals surface area (Å²) in [6.07, 6.45) is 3.80. The molecule has 0 radical (unpaired) electrons. The van der Waals surface area contributed by atoms with Crippen molar-refractivity contribution in [3.8, 4) is 73.2 Å². The van der Waals surface area contributed by atoms with Gasteiger partial charge >= 0.3 is 0 Å². The molecule has 0 saturated heterocycles. The molecule has 3 heterocycles. The van der Waals surface area contributed by atoms with Crippen LogP contribution in [0.3, 0.4) is 0 Å². The molecule has 0 aliphatic heterocycles. The van der Waals surface area contributed by atoms with Crippen molar-refractivity contribution in [2.24, 2.45) is 0 Å². The molecule has 276 valence electrons. The lowest BCUT2D eigenvalue weighted by atomic mass is 10.00. The van der Waals surface area contributed by atoms with Gasteiger partial charge in [-0.2, -0.15) is 0 Å². The molecule has 0 atom stereocenters. The Morgan fingerprint density at radius 1 is 0.339 bits per heavy atom. The summed E-state index contributed by atoms with van der Waals surface area (Å²) in [4.78, 5) is 20.0. The Balaban J connectivity index is 0.969. The number of nitrogens with zero attached hydrogens (tertiary/aromatic N) is 5. The Kier molecular flexibility index (Phi) is 8.41. The average Bonchev–Trinajstić information content (AvgIpc) is 3.74. The van der Waals surface area contributed by atoms with Crippen molar-refractivity contribution in [1.29, 1.82) is 0 Å². The molecule has 0 fully saturated rings. The summed E-state index contributed by atoms with van der Waals surface area (Å²) in [6, 6.07) is 69.9. The second-order valence-corrected chi connectivity index (χ2v) is 14.7. The van der Waals surface area contributed by atoms with E-state index < -0.39 is 0 Å². The quantitative estimate of drug-likeness (QED) is 0.152. The molecular formula is C54H35N5. The van der Waals surface area contributed by atoms with Crippen LogP contribution in [-0.4, -0.2) is 24.5 Å². The molecule has 3 aromatic heterocycles. The maximum atomic E-state index is 5.34. The van der Waals surface area contributed by atoms with E-state index in [2.05, 4.69) is 179 Å². The number of rotatable bonds is 7. The summed E-state index contributed by atoms with van der Waals surface area (Å²) in [7, 11) is 0. The Bertz CT molecular complexity index is 3270. The van der Waals surface area contributed by atoms with Gasteiger partial charge in [-0.1, -0.05) is 176 Å². The van der Waals surface area contributed by atoms with Gasteiger partial charge in [-0.3, -0.25) is 9.55 Å². The van der Waals surface area contributed by atoms with Gasteiger partial charge in [0.2, 0.25) is 0 Å². The largest absolute Gasteiger partial charge is 0.292 e. The Labute approximate surface area is 341 Å². The lowest BCUT2D eigenvalue weighted by Gasteiger charge is -2.13. The van der Waals surface area contributed by atoms with Crippen LogP contribution in [0.2, 0.25) is 0 Å². The lowest BCUT2D eigenvalue weighted by molar-refractivity contribution is 1.11. The zero-order valence-electron chi connectivity index (χ0n) is 31.9. The van der Waals surface area contributed by atoms with Gasteiger partial charge in [-0.05, 0) is 57.3 Å². The first kappa shape index (κ1) is 34.2. The van der Waals surface area contributed by atoms with Crippen LogP contribution < -0.4 is 0 Å². The predicted octanol–water partition coefficient (Wildman–Crippen LogP) is 13.5. The minimum absolute atomic E-state index is 0.698. The van der Waals surface area contributed by atoms with Crippen LogP contribution in [0.1, 0.15) is 0 Å². The molecule has 11 rings (SSSR count). The lowest BCUT2D eigenvalue weighted by Crippen LogP contribution is -1.98. The number of pyridine rings is 1. The molecule has 0 unspecified atom stereocenters. The van der Waals surface area contributed by atoms with Crippen LogP contribution >= 0.6 is 0 Å². The first-order chi connectivity index (χ1) is 29.2. The molecule has 0 aliphatic rings. The van der Waals surface area contributed by atoms with Gasteiger partial charge in [0.15, 0.2) is 5.82 Å². The van der Waals surface area contributed by atoms with Crippen molar-refractivity contribution >= 4 is 32.6 Å². The molecule has 0 bridgehead atoms. The monoisotopic (exact) mass is 753 g/mol. The van der Waals surface area contributed by atoms with E-state index in [9.17, 15) is 0 Å². The first-order valence-electron chi connectivity index (χ1n) is 19.8. The minimum Gasteiger partial charge on any atom is -0.292 e. The van der Waals surface area contributed by atoms with Gasteiger partial charge in [-0.25, -0.2) is 15.0 Å². The van der Waals surface area contributed by atoms with Crippen molar-refractivity contribution in [2.75, 3.05) is 0 Å². The number of imidazole rings is 1. The maximum absolute atomic E-state index is 5.34. The molecule has 0 spiro atoms. The molecule has 0 aliphatic carbocycles. The molecular weight excluding hydrogens is 719 g/mol. The number of hydrogen-bond donors (Lipinski definition) is 0. The fourth-order valence-corrected chi connectivity index (χ4v) is 8.19. The molecule has 11 aromatic rings. The number of benzene rings is 8. The Hall–Kier alpha value is -8.02. The summed E-state index contributed by atoms with van der Waals surface area (Å²) in [5, 5.41) is 4.53. The standard InChI is InChI=1S/C54H35N5/c1-4-12-36(13-5-1)37-20-24-40(25-21-37)49-34-50(57-53(56-49)42-14-6-2-7-15-42)41-26-22-38(23-27-41)39-28-30-44(31-29-39)59-52-47-19-11-10-18-45(47)46-32-33-55-35-48(46)51(52)58-54(59)43-16-8-3-9-17-43/h1-35H. The Morgan fingerprint density at radius 2 is 0.797 bits per heavy atom. The van der Waals surface area contributed by atoms with E-state index in [1.54, 1.807) is 0 Å². The van der Waals surface area contributed by atoms with Crippen LogP contribution in [0.15, 0.2) is 213 Å². The third kappa shape index (κ3) is 6.22. The van der Waals surface area contributed by atoms with E-state index >= 15 is 0 Å². The highest BCUT2D eigenvalue weighted by Crippen LogP contribution is 2.39. The van der Waals surface area contributed by atoms with E-state index in [-0.39, 0.29) is 0 Å². The molecule has 59 heavy (non-hydrogen) atoms. The fourth-order valence-electron chi connectivity index (χ4n) is 8.19. The van der Waals surface area contributed by atoms with Crippen molar-refractivity contribution in [1.82, 2.24) is 24.5 Å². The van der Waals surface area contributed by atoms with Gasteiger partial charge in [0.1, 0.15) is 5.82 Å². The predicted molar refractivity (Wildman–Crippen MR) is 242 cm³/mol. The second-order valence-electron chi connectivity index (χ2n) is 14.7. The molecule has 5 heteroatoms. The molecule has 5 nitrogen and oxygen atoms in total. The van der Waals surface area contributed by atoms with Gasteiger partial charge in [-0.15, -0.1) is 0 Å². The van der Waals surface area contributed by atoms with Crippen LogP contribution in [0.25, 0.3) is 106 Å². The summed E-state index contributed by atoms with van der Waals surface area (Å²) in [5.41, 5.74) is 13.5. The van der Waals surface area contributed by atoms with E-state index in [1.165, 1.54) is 16.5 Å². The van der Waals surface area contributed by atoms with E-state index in [0.717, 1.165) is 83.5 Å². The number of fused-ring (bicyclic) bond motifs is 6. The smallest absolute Gasteiger partial charge is 0.160 e.